The highest BCUT2D eigenvalue weighted by molar-refractivity contribution is 7.38. The minimum absolute atomic E-state index is 0.140. The lowest BCUT2D eigenvalue weighted by Crippen LogP contribution is -2.16. The van der Waals surface area contributed by atoms with E-state index in [0.717, 1.165) is 18.8 Å². The van der Waals surface area contributed by atoms with Crippen LogP contribution in [0, 0.1) is 5.92 Å². The van der Waals surface area contributed by atoms with Crippen molar-refractivity contribution >= 4 is 8.03 Å². The average molecular weight is 260 g/mol. The van der Waals surface area contributed by atoms with Crippen molar-refractivity contribution < 1.29 is 9.46 Å². The summed E-state index contributed by atoms with van der Waals surface area (Å²) in [6.07, 6.45) is 14.0. The molecule has 1 rings (SSSR count). The molecular weight excluding hydrogens is 231 g/mol. The fourth-order valence-electron chi connectivity index (χ4n) is 2.91. The first kappa shape index (κ1) is 15.2. The van der Waals surface area contributed by atoms with Crippen LogP contribution in [0.1, 0.15) is 77.6 Å². The van der Waals surface area contributed by atoms with Crippen molar-refractivity contribution in [2.24, 2.45) is 5.92 Å². The molecule has 1 N–H and O–H groups in total. The maximum atomic E-state index is 11.0. The van der Waals surface area contributed by atoms with Crippen LogP contribution in [0.3, 0.4) is 0 Å². The Morgan fingerprint density at radius 1 is 1.00 bits per heavy atom. The van der Waals surface area contributed by atoms with Gasteiger partial charge >= 0.3 is 0 Å². The Kier molecular flexibility index (Phi) is 8.22. The summed E-state index contributed by atoms with van der Waals surface area (Å²) < 4.78 is 11.0. The van der Waals surface area contributed by atoms with Crippen molar-refractivity contribution in [1.82, 2.24) is 0 Å². The average Bonchev–Trinajstić information content (AvgIpc) is 2.34. The summed E-state index contributed by atoms with van der Waals surface area (Å²) in [5, 5.41) is 0. The highest BCUT2D eigenvalue weighted by atomic mass is 31.1. The van der Waals surface area contributed by atoms with Crippen LogP contribution in [0.5, 0.6) is 0 Å². The normalized spacial score (nSPS) is 26.9. The van der Waals surface area contributed by atoms with Crippen LogP contribution in [0.15, 0.2) is 0 Å². The van der Waals surface area contributed by atoms with Gasteiger partial charge in [-0.25, -0.2) is 0 Å². The van der Waals surface area contributed by atoms with Gasteiger partial charge in [-0.1, -0.05) is 51.9 Å². The Morgan fingerprint density at radius 3 is 2.18 bits per heavy atom. The first-order chi connectivity index (χ1) is 8.24. The Hall–Kier alpha value is 0.190. The topological polar surface area (TPSA) is 37.3 Å². The van der Waals surface area contributed by atoms with Crippen molar-refractivity contribution in [2.75, 3.05) is 0 Å². The molecular formula is C14H29O2P. The fourth-order valence-corrected chi connectivity index (χ4v) is 3.74. The molecule has 1 unspecified atom stereocenters. The summed E-state index contributed by atoms with van der Waals surface area (Å²) in [7, 11) is -2.24. The molecule has 0 aromatic heterocycles. The van der Waals surface area contributed by atoms with Gasteiger partial charge in [0.25, 0.3) is 0 Å². The minimum atomic E-state index is -2.24. The highest BCUT2D eigenvalue weighted by Gasteiger charge is 2.23. The van der Waals surface area contributed by atoms with E-state index in [9.17, 15) is 4.57 Å². The SMILES string of the molecule is CCCCCCCCC1CCC([PH](=O)O)CC1. The second-order valence-electron chi connectivity index (χ2n) is 5.61. The number of unbranched alkanes of at least 4 members (excludes halogenated alkanes) is 5. The molecule has 0 bridgehead atoms. The smallest absolute Gasteiger partial charge is 0.192 e. The lowest BCUT2D eigenvalue weighted by Gasteiger charge is -2.26. The van der Waals surface area contributed by atoms with E-state index in [1.807, 2.05) is 0 Å². The molecule has 1 aliphatic carbocycles. The third kappa shape index (κ3) is 6.62. The molecule has 0 amide bonds. The van der Waals surface area contributed by atoms with Crippen LogP contribution >= 0.6 is 8.03 Å². The maximum absolute atomic E-state index is 11.0. The molecule has 0 heterocycles. The summed E-state index contributed by atoms with van der Waals surface area (Å²) in [6, 6.07) is 0. The second kappa shape index (κ2) is 9.16. The minimum Gasteiger partial charge on any atom is -0.346 e. The summed E-state index contributed by atoms with van der Waals surface area (Å²) >= 11 is 0. The standard InChI is InChI=1S/C14H29O2P/c1-2-3-4-5-6-7-8-13-9-11-14(12-10-13)17(15)16/h13-14,17H,2-12H2,1H3,(H,15,16). The van der Waals surface area contributed by atoms with Gasteiger partial charge < -0.3 is 4.89 Å². The lowest BCUT2D eigenvalue weighted by molar-refractivity contribution is 0.322. The van der Waals surface area contributed by atoms with Gasteiger partial charge in [0, 0.05) is 5.66 Å². The number of rotatable bonds is 8. The fraction of sp³-hybridized carbons (Fsp3) is 1.00. The van der Waals surface area contributed by atoms with Gasteiger partial charge in [-0.3, -0.25) is 4.57 Å². The van der Waals surface area contributed by atoms with E-state index in [2.05, 4.69) is 6.92 Å². The zero-order chi connectivity index (χ0) is 12.5. The quantitative estimate of drug-likeness (QED) is 0.504. The maximum Gasteiger partial charge on any atom is 0.192 e. The number of hydrogen-bond acceptors (Lipinski definition) is 1. The van der Waals surface area contributed by atoms with Gasteiger partial charge in [0.15, 0.2) is 8.03 Å². The second-order valence-corrected chi connectivity index (χ2v) is 7.11. The van der Waals surface area contributed by atoms with Crippen LogP contribution < -0.4 is 0 Å². The summed E-state index contributed by atoms with van der Waals surface area (Å²) in [6.45, 7) is 2.26. The zero-order valence-electron chi connectivity index (χ0n) is 11.3. The molecule has 1 fully saturated rings. The van der Waals surface area contributed by atoms with Crippen LogP contribution in [-0.4, -0.2) is 10.6 Å². The predicted octanol–water partition coefficient (Wildman–Crippen LogP) is 4.76. The monoisotopic (exact) mass is 260 g/mol. The predicted molar refractivity (Wildman–Crippen MR) is 75.0 cm³/mol. The van der Waals surface area contributed by atoms with E-state index in [0.29, 0.717) is 0 Å². The van der Waals surface area contributed by atoms with Crippen LogP contribution in [0.25, 0.3) is 0 Å². The lowest BCUT2D eigenvalue weighted by atomic mass is 9.85. The van der Waals surface area contributed by atoms with Crippen molar-refractivity contribution in [3.05, 3.63) is 0 Å². The summed E-state index contributed by atoms with van der Waals surface area (Å²) in [4.78, 5) is 9.11. The molecule has 0 aliphatic heterocycles. The van der Waals surface area contributed by atoms with E-state index in [-0.39, 0.29) is 5.66 Å². The molecule has 1 aliphatic rings. The van der Waals surface area contributed by atoms with Gasteiger partial charge in [0.2, 0.25) is 0 Å². The highest BCUT2D eigenvalue weighted by Crippen LogP contribution is 2.38. The molecule has 0 aromatic rings. The van der Waals surface area contributed by atoms with E-state index in [4.69, 9.17) is 4.89 Å². The van der Waals surface area contributed by atoms with Crippen molar-refractivity contribution in [3.8, 4) is 0 Å². The van der Waals surface area contributed by atoms with Crippen LogP contribution in [0.2, 0.25) is 0 Å². The molecule has 0 saturated heterocycles. The van der Waals surface area contributed by atoms with E-state index >= 15 is 0 Å². The van der Waals surface area contributed by atoms with E-state index in [1.54, 1.807) is 0 Å². The Labute approximate surface area is 107 Å². The van der Waals surface area contributed by atoms with Crippen LogP contribution in [0.4, 0.5) is 0 Å². The van der Waals surface area contributed by atoms with E-state index < -0.39 is 8.03 Å². The van der Waals surface area contributed by atoms with Crippen molar-refractivity contribution in [2.45, 2.75) is 83.2 Å². The first-order valence-corrected chi connectivity index (χ1v) is 8.90. The molecule has 17 heavy (non-hydrogen) atoms. The summed E-state index contributed by atoms with van der Waals surface area (Å²) in [5.41, 5.74) is 0.140. The van der Waals surface area contributed by atoms with Gasteiger partial charge in [0.05, 0.1) is 0 Å². The van der Waals surface area contributed by atoms with Gasteiger partial charge in [0.1, 0.15) is 0 Å². The van der Waals surface area contributed by atoms with Gasteiger partial charge in [-0.15, -0.1) is 0 Å². The third-order valence-electron chi connectivity index (χ3n) is 4.16. The summed E-state index contributed by atoms with van der Waals surface area (Å²) in [5.74, 6) is 0.846. The van der Waals surface area contributed by atoms with Gasteiger partial charge in [-0.2, -0.15) is 0 Å². The molecule has 0 radical (unpaired) electrons. The third-order valence-corrected chi connectivity index (χ3v) is 5.44. The zero-order valence-corrected chi connectivity index (χ0v) is 12.3. The van der Waals surface area contributed by atoms with Gasteiger partial charge in [-0.05, 0) is 31.6 Å². The van der Waals surface area contributed by atoms with E-state index in [1.165, 1.54) is 57.8 Å². The Morgan fingerprint density at radius 2 is 1.59 bits per heavy atom. The molecule has 1 saturated carbocycles. The van der Waals surface area contributed by atoms with Crippen molar-refractivity contribution in [1.29, 1.82) is 0 Å². The van der Waals surface area contributed by atoms with Crippen LogP contribution in [-0.2, 0) is 4.57 Å². The Bertz CT molecular complexity index is 210. The molecule has 0 aromatic carbocycles. The Balaban J connectivity index is 1.97. The molecule has 3 heteroatoms. The number of hydrogen-bond donors (Lipinski definition) is 1. The molecule has 102 valence electrons. The largest absolute Gasteiger partial charge is 0.346 e. The molecule has 0 spiro atoms. The molecule has 1 atom stereocenters. The first-order valence-electron chi connectivity index (χ1n) is 7.46. The molecule has 2 nitrogen and oxygen atoms in total. The van der Waals surface area contributed by atoms with Crippen molar-refractivity contribution in [3.63, 3.8) is 0 Å².